The van der Waals surface area contributed by atoms with Crippen LogP contribution in [-0.2, 0) is 14.3 Å². The van der Waals surface area contributed by atoms with Gasteiger partial charge in [0, 0.05) is 25.5 Å². The Morgan fingerprint density at radius 2 is 1.90 bits per heavy atom. The fraction of sp³-hybridized carbons (Fsp3) is 0.867. The van der Waals surface area contributed by atoms with Crippen LogP contribution in [0.25, 0.3) is 0 Å². The average Bonchev–Trinajstić information content (AvgIpc) is 2.91. The number of hydrogen-bond donors (Lipinski definition) is 2. The van der Waals surface area contributed by atoms with Gasteiger partial charge in [-0.25, -0.2) is 0 Å². The van der Waals surface area contributed by atoms with E-state index >= 15 is 0 Å². The lowest BCUT2D eigenvalue weighted by Crippen LogP contribution is -2.43. The van der Waals surface area contributed by atoms with E-state index < -0.39 is 0 Å². The van der Waals surface area contributed by atoms with Gasteiger partial charge in [0.15, 0.2) is 0 Å². The first-order valence-electron chi connectivity index (χ1n) is 7.65. The Kier molecular flexibility index (Phi) is 7.59. The lowest BCUT2D eigenvalue weighted by atomic mass is 10.1. The zero-order valence-corrected chi connectivity index (χ0v) is 12.9. The highest BCUT2D eigenvalue weighted by molar-refractivity contribution is 5.81. The highest BCUT2D eigenvalue weighted by Gasteiger charge is 2.24. The topological polar surface area (TPSA) is 67.4 Å². The smallest absolute Gasteiger partial charge is 0.223 e. The van der Waals surface area contributed by atoms with E-state index in [2.05, 4.69) is 10.6 Å². The molecule has 2 amide bonds. The SMILES string of the molecule is CC[C@H](COC)NC(=O)C[C@@H](C)NC(=O)C1CCCC1. The van der Waals surface area contributed by atoms with Gasteiger partial charge >= 0.3 is 0 Å². The van der Waals surface area contributed by atoms with E-state index in [1.165, 1.54) is 0 Å². The fourth-order valence-electron chi connectivity index (χ4n) is 2.63. The van der Waals surface area contributed by atoms with Crippen LogP contribution in [0.15, 0.2) is 0 Å². The normalized spacial score (nSPS) is 18.6. The minimum atomic E-state index is -0.122. The lowest BCUT2D eigenvalue weighted by Gasteiger charge is -2.19. The van der Waals surface area contributed by atoms with Gasteiger partial charge in [-0.2, -0.15) is 0 Å². The third-order valence-corrected chi connectivity index (χ3v) is 3.83. The molecule has 0 unspecified atom stereocenters. The van der Waals surface area contributed by atoms with Crippen LogP contribution >= 0.6 is 0 Å². The van der Waals surface area contributed by atoms with Crippen LogP contribution in [0.1, 0.15) is 52.4 Å². The molecule has 0 heterocycles. The van der Waals surface area contributed by atoms with Gasteiger partial charge in [0.2, 0.25) is 11.8 Å². The number of nitrogens with one attached hydrogen (secondary N) is 2. The monoisotopic (exact) mass is 284 g/mol. The molecule has 20 heavy (non-hydrogen) atoms. The Morgan fingerprint density at radius 3 is 2.45 bits per heavy atom. The number of carbonyl (C=O) groups is 2. The van der Waals surface area contributed by atoms with E-state index in [-0.39, 0.29) is 29.8 Å². The molecule has 1 saturated carbocycles. The summed E-state index contributed by atoms with van der Waals surface area (Å²) in [5, 5.41) is 5.87. The summed E-state index contributed by atoms with van der Waals surface area (Å²) in [6, 6.07) is -0.0756. The molecule has 1 aliphatic rings. The molecule has 1 fully saturated rings. The van der Waals surface area contributed by atoms with Crippen LogP contribution in [-0.4, -0.2) is 37.6 Å². The summed E-state index contributed by atoms with van der Waals surface area (Å²) in [5.41, 5.74) is 0. The van der Waals surface area contributed by atoms with Crippen molar-refractivity contribution < 1.29 is 14.3 Å². The number of methoxy groups -OCH3 is 1. The number of carbonyl (C=O) groups excluding carboxylic acids is 2. The molecule has 116 valence electrons. The van der Waals surface area contributed by atoms with Crippen molar-refractivity contribution in [2.45, 2.75) is 64.5 Å². The van der Waals surface area contributed by atoms with Crippen molar-refractivity contribution in [2.75, 3.05) is 13.7 Å². The minimum Gasteiger partial charge on any atom is -0.383 e. The van der Waals surface area contributed by atoms with Gasteiger partial charge in [0.1, 0.15) is 0 Å². The van der Waals surface area contributed by atoms with Crippen molar-refractivity contribution in [3.63, 3.8) is 0 Å². The lowest BCUT2D eigenvalue weighted by molar-refractivity contribution is -0.126. The van der Waals surface area contributed by atoms with Crippen molar-refractivity contribution in [3.05, 3.63) is 0 Å². The van der Waals surface area contributed by atoms with Gasteiger partial charge in [0.25, 0.3) is 0 Å². The van der Waals surface area contributed by atoms with Gasteiger partial charge in [-0.3, -0.25) is 9.59 Å². The van der Waals surface area contributed by atoms with Crippen molar-refractivity contribution in [1.29, 1.82) is 0 Å². The highest BCUT2D eigenvalue weighted by Crippen LogP contribution is 2.24. The van der Waals surface area contributed by atoms with Crippen LogP contribution in [0.3, 0.4) is 0 Å². The first-order valence-corrected chi connectivity index (χ1v) is 7.65. The van der Waals surface area contributed by atoms with Gasteiger partial charge in [-0.15, -0.1) is 0 Å². The molecular weight excluding hydrogens is 256 g/mol. The third-order valence-electron chi connectivity index (χ3n) is 3.83. The summed E-state index contributed by atoms with van der Waals surface area (Å²) >= 11 is 0. The molecule has 0 radical (unpaired) electrons. The Bertz CT molecular complexity index is 314. The second kappa shape index (κ2) is 8.95. The zero-order valence-electron chi connectivity index (χ0n) is 12.9. The summed E-state index contributed by atoms with van der Waals surface area (Å²) in [7, 11) is 1.62. The van der Waals surface area contributed by atoms with E-state index in [0.717, 1.165) is 32.1 Å². The summed E-state index contributed by atoms with van der Waals surface area (Å²) < 4.78 is 5.05. The maximum Gasteiger partial charge on any atom is 0.223 e. The van der Waals surface area contributed by atoms with Gasteiger partial charge in [0.05, 0.1) is 12.6 Å². The van der Waals surface area contributed by atoms with Crippen LogP contribution in [0.5, 0.6) is 0 Å². The average molecular weight is 284 g/mol. The largest absolute Gasteiger partial charge is 0.383 e. The summed E-state index contributed by atoms with van der Waals surface area (Å²) in [6.07, 6.45) is 5.40. The number of rotatable bonds is 8. The molecule has 0 aromatic carbocycles. The van der Waals surface area contributed by atoms with Crippen LogP contribution in [0.2, 0.25) is 0 Å². The Morgan fingerprint density at radius 1 is 1.25 bits per heavy atom. The number of amides is 2. The van der Waals surface area contributed by atoms with Gasteiger partial charge in [-0.1, -0.05) is 19.8 Å². The van der Waals surface area contributed by atoms with Crippen molar-refractivity contribution in [3.8, 4) is 0 Å². The molecule has 5 heteroatoms. The molecular formula is C15H28N2O3. The minimum absolute atomic E-state index is 0.0341. The number of hydrogen-bond acceptors (Lipinski definition) is 3. The van der Waals surface area contributed by atoms with Crippen LogP contribution in [0, 0.1) is 5.92 Å². The second-order valence-electron chi connectivity index (χ2n) is 5.72. The third kappa shape index (κ3) is 5.90. The van der Waals surface area contributed by atoms with E-state index in [1.54, 1.807) is 7.11 Å². The molecule has 2 atom stereocenters. The molecule has 0 saturated heterocycles. The quantitative estimate of drug-likeness (QED) is 0.711. The summed E-state index contributed by atoms with van der Waals surface area (Å²) in [5.74, 6) is 0.220. The molecule has 0 aromatic rings. The highest BCUT2D eigenvalue weighted by atomic mass is 16.5. The van der Waals surface area contributed by atoms with Crippen LogP contribution in [0.4, 0.5) is 0 Å². The fourth-order valence-corrected chi connectivity index (χ4v) is 2.63. The maximum absolute atomic E-state index is 12.0. The van der Waals surface area contributed by atoms with Gasteiger partial charge in [-0.05, 0) is 26.2 Å². The molecule has 0 spiro atoms. The molecule has 0 aromatic heterocycles. The molecule has 5 nitrogen and oxygen atoms in total. The Balaban J connectivity index is 2.27. The summed E-state index contributed by atoms with van der Waals surface area (Å²) in [4.78, 5) is 23.8. The second-order valence-corrected chi connectivity index (χ2v) is 5.72. The molecule has 0 bridgehead atoms. The first-order chi connectivity index (χ1) is 9.56. The zero-order chi connectivity index (χ0) is 15.0. The van der Waals surface area contributed by atoms with E-state index in [4.69, 9.17) is 4.74 Å². The Labute approximate surface area is 121 Å². The van der Waals surface area contributed by atoms with Crippen molar-refractivity contribution in [1.82, 2.24) is 10.6 Å². The molecule has 1 rings (SSSR count). The standard InChI is InChI=1S/C15H28N2O3/c1-4-13(10-20-3)17-14(18)9-11(2)16-15(19)12-7-5-6-8-12/h11-13H,4-10H2,1-3H3,(H,16,19)(H,17,18)/t11-,13-/m1/s1. The van der Waals surface area contributed by atoms with E-state index in [1.807, 2.05) is 13.8 Å². The molecule has 1 aliphatic carbocycles. The van der Waals surface area contributed by atoms with Gasteiger partial charge < -0.3 is 15.4 Å². The first kappa shape index (κ1) is 17.0. The van der Waals surface area contributed by atoms with E-state index in [9.17, 15) is 9.59 Å². The predicted molar refractivity (Wildman–Crippen MR) is 78.3 cm³/mol. The predicted octanol–water partition coefficient (Wildman–Crippen LogP) is 1.61. The van der Waals surface area contributed by atoms with E-state index in [0.29, 0.717) is 13.0 Å². The molecule has 0 aliphatic heterocycles. The Hall–Kier alpha value is -1.10. The van der Waals surface area contributed by atoms with Crippen molar-refractivity contribution in [2.24, 2.45) is 5.92 Å². The van der Waals surface area contributed by atoms with Crippen molar-refractivity contribution >= 4 is 11.8 Å². The molecule has 2 N–H and O–H groups in total. The van der Waals surface area contributed by atoms with Crippen LogP contribution < -0.4 is 10.6 Å². The summed E-state index contributed by atoms with van der Waals surface area (Å²) in [6.45, 7) is 4.41. The number of ether oxygens (including phenoxy) is 1. The maximum atomic E-state index is 12.0.